The predicted octanol–water partition coefficient (Wildman–Crippen LogP) is 8.21. The van der Waals surface area contributed by atoms with E-state index in [0.717, 1.165) is 50.1 Å². The van der Waals surface area contributed by atoms with Crippen LogP contribution in [0.2, 0.25) is 0 Å². The van der Waals surface area contributed by atoms with Crippen molar-refractivity contribution in [3.05, 3.63) is 197 Å². The van der Waals surface area contributed by atoms with Crippen LogP contribution in [0.1, 0.15) is 71.3 Å². The van der Waals surface area contributed by atoms with E-state index in [0.29, 0.717) is 6.54 Å². The molecular weight excluding hydrogens is 811 g/mol. The minimum atomic E-state index is -3.99. The predicted molar refractivity (Wildman–Crippen MR) is 246 cm³/mol. The topological polar surface area (TPSA) is 137 Å². The molecule has 7 atom stereocenters. The number of rotatable bonds is 17. The number of nitrogens with zero attached hydrogens (tertiary/aromatic N) is 1. The van der Waals surface area contributed by atoms with Crippen molar-refractivity contribution >= 4 is 15.9 Å². The Hall–Kier alpha value is -5.50. The summed E-state index contributed by atoms with van der Waals surface area (Å²) >= 11 is 0. The second-order valence-corrected chi connectivity index (χ2v) is 18.2. The number of hydrogen-bond acceptors (Lipinski definition) is 8. The first kappa shape index (κ1) is 45.5. The number of aryl methyl sites for hydroxylation is 1. The normalized spacial score (nSPS) is 19.3. The molecule has 7 rings (SSSR count). The second kappa shape index (κ2) is 20.8. The first-order chi connectivity index (χ1) is 30.4. The number of sulfonamides is 1. The molecule has 0 saturated carbocycles. The van der Waals surface area contributed by atoms with Crippen LogP contribution in [-0.4, -0.2) is 61.2 Å². The van der Waals surface area contributed by atoms with Gasteiger partial charge in [0.2, 0.25) is 15.9 Å². The summed E-state index contributed by atoms with van der Waals surface area (Å²) in [6, 6.07) is 48.0. The maximum Gasteiger partial charge on any atom is 0.241 e. The van der Waals surface area contributed by atoms with Gasteiger partial charge >= 0.3 is 0 Å². The Morgan fingerprint density at radius 1 is 0.762 bits per heavy atom. The molecule has 1 heterocycles. The molecule has 1 aliphatic rings. The van der Waals surface area contributed by atoms with Gasteiger partial charge in [-0.05, 0) is 78.4 Å². The molecular formula is C52H57N3O7S. The molecule has 0 bridgehead atoms. The van der Waals surface area contributed by atoms with Gasteiger partial charge in [-0.3, -0.25) is 9.69 Å². The van der Waals surface area contributed by atoms with E-state index < -0.39 is 34.4 Å². The monoisotopic (exact) mass is 867 g/mol. The van der Waals surface area contributed by atoms with Crippen LogP contribution in [0.5, 0.6) is 0 Å². The number of hydrogen-bond donors (Lipinski definition) is 4. The number of ether oxygens (including phenoxy) is 2. The average molecular weight is 868 g/mol. The quantitative estimate of drug-likeness (QED) is 0.0721. The third-order valence-electron chi connectivity index (χ3n) is 12.1. The zero-order valence-corrected chi connectivity index (χ0v) is 37.0. The molecule has 0 aliphatic carbocycles. The smallest absolute Gasteiger partial charge is 0.241 e. The van der Waals surface area contributed by atoms with Gasteiger partial charge in [0.25, 0.3) is 0 Å². The Kier molecular flexibility index (Phi) is 15.0. The molecule has 0 unspecified atom stereocenters. The van der Waals surface area contributed by atoms with Crippen molar-refractivity contribution in [3.8, 4) is 11.1 Å². The lowest BCUT2D eigenvalue weighted by atomic mass is 9.89. The number of aliphatic hydroxyl groups excluding tert-OH is 2. The fourth-order valence-corrected chi connectivity index (χ4v) is 9.24. The van der Waals surface area contributed by atoms with Gasteiger partial charge in [-0.1, -0.05) is 158 Å². The molecule has 0 spiro atoms. The number of aliphatic hydroxyl groups is 2. The molecule has 0 radical (unpaired) electrons. The molecule has 1 amide bonds. The first-order valence-corrected chi connectivity index (χ1v) is 22.9. The summed E-state index contributed by atoms with van der Waals surface area (Å²) in [6.45, 7) is 6.70. The molecule has 6 aromatic rings. The third kappa shape index (κ3) is 11.4. The number of carbonyl (C=O) groups excluding carboxylic acids is 1. The van der Waals surface area contributed by atoms with Crippen molar-refractivity contribution in [2.75, 3.05) is 13.6 Å². The van der Waals surface area contributed by atoms with Crippen molar-refractivity contribution in [1.29, 1.82) is 0 Å². The van der Waals surface area contributed by atoms with Crippen LogP contribution >= 0.6 is 0 Å². The van der Waals surface area contributed by atoms with E-state index in [4.69, 9.17) is 9.47 Å². The van der Waals surface area contributed by atoms with Gasteiger partial charge in [0, 0.05) is 30.6 Å². The Balaban J connectivity index is 1.08. The molecule has 6 aromatic carbocycles. The van der Waals surface area contributed by atoms with Crippen LogP contribution < -0.4 is 10.0 Å². The maximum absolute atomic E-state index is 13.9. The van der Waals surface area contributed by atoms with E-state index in [-0.39, 0.29) is 48.6 Å². The van der Waals surface area contributed by atoms with E-state index in [2.05, 4.69) is 21.9 Å². The average Bonchev–Trinajstić information content (AvgIpc) is 3.31. The highest BCUT2D eigenvalue weighted by atomic mass is 32.2. The van der Waals surface area contributed by atoms with Gasteiger partial charge in [-0.15, -0.1) is 0 Å². The van der Waals surface area contributed by atoms with E-state index in [1.165, 1.54) is 12.1 Å². The summed E-state index contributed by atoms with van der Waals surface area (Å²) in [5, 5.41) is 24.0. The number of amides is 1. The van der Waals surface area contributed by atoms with Crippen molar-refractivity contribution in [3.63, 3.8) is 0 Å². The van der Waals surface area contributed by atoms with Crippen molar-refractivity contribution in [2.24, 2.45) is 5.92 Å². The maximum atomic E-state index is 13.9. The Bertz CT molecular complexity index is 2500. The summed E-state index contributed by atoms with van der Waals surface area (Å²) in [4.78, 5) is 16.1. The largest absolute Gasteiger partial charge is 0.392 e. The van der Waals surface area contributed by atoms with Gasteiger partial charge in [0.15, 0.2) is 6.29 Å². The summed E-state index contributed by atoms with van der Waals surface area (Å²) in [5.74, 6) is -0.485. The number of nitrogens with one attached hydrogen (secondary N) is 2. The molecule has 0 aromatic heterocycles. The lowest BCUT2D eigenvalue weighted by Crippen LogP contribution is -2.47. The van der Waals surface area contributed by atoms with E-state index in [1.54, 1.807) is 12.1 Å². The van der Waals surface area contributed by atoms with Crippen LogP contribution in [0.4, 0.5) is 0 Å². The summed E-state index contributed by atoms with van der Waals surface area (Å²) in [6.07, 6.45) is -1.75. The van der Waals surface area contributed by atoms with Crippen molar-refractivity contribution < 1.29 is 32.9 Å². The van der Waals surface area contributed by atoms with Crippen molar-refractivity contribution in [2.45, 2.75) is 81.9 Å². The van der Waals surface area contributed by atoms with Gasteiger partial charge in [0.05, 0.1) is 29.8 Å². The van der Waals surface area contributed by atoms with Crippen LogP contribution in [0.15, 0.2) is 163 Å². The van der Waals surface area contributed by atoms with Crippen LogP contribution in [0, 0.1) is 12.8 Å². The van der Waals surface area contributed by atoms with E-state index in [1.807, 2.05) is 154 Å². The van der Waals surface area contributed by atoms with Crippen LogP contribution in [0.3, 0.4) is 0 Å². The third-order valence-corrected chi connectivity index (χ3v) is 13.6. The fraction of sp³-hybridized carbons (Fsp3) is 0.288. The lowest BCUT2D eigenvalue weighted by Gasteiger charge is -2.43. The van der Waals surface area contributed by atoms with Gasteiger partial charge in [-0.25, -0.2) is 8.42 Å². The SMILES string of the molecule is Cc1ccc(S(=O)(=O)N[C@H](Cc2ccccc2)C(=O)NCc2ccccc2-c2ccc([C@H]3O[C@@H](CN(C)[C@@H](C)[C@H](O)c4ccccc4)[C@@H](C)[C@@H](c4ccc(CO)cc4)O3)cc2)cc1. The highest BCUT2D eigenvalue weighted by molar-refractivity contribution is 7.89. The summed E-state index contributed by atoms with van der Waals surface area (Å²) in [7, 11) is -1.99. The Morgan fingerprint density at radius 2 is 1.38 bits per heavy atom. The van der Waals surface area contributed by atoms with Gasteiger partial charge in [0.1, 0.15) is 6.04 Å². The van der Waals surface area contributed by atoms with Crippen molar-refractivity contribution in [1.82, 2.24) is 14.9 Å². The number of benzene rings is 6. The zero-order valence-electron chi connectivity index (χ0n) is 36.2. The minimum absolute atomic E-state index is 0.0451. The highest BCUT2D eigenvalue weighted by Crippen LogP contribution is 2.42. The lowest BCUT2D eigenvalue weighted by molar-refractivity contribution is -0.276. The minimum Gasteiger partial charge on any atom is -0.392 e. The second-order valence-electron chi connectivity index (χ2n) is 16.5. The molecule has 10 nitrogen and oxygen atoms in total. The standard InChI is InChI=1S/C52H57N3O7S/c1-35-19-29-45(30-20-35)63(59,60)54-47(31-38-13-7-5-8-14-38)51(58)53-32-44-17-11-12-18-46(44)40-25-27-43(28-26-40)52-61-48(33-55(4)37(3)49(57)41-15-9-6-10-16-41)36(2)50(62-52)42-23-21-39(34-56)22-24-42/h5-30,36-37,47-50,52,54,56-57H,31-34H2,1-4H3,(H,53,58)/t36-,37+,47-,48+,49+,50+,52+/m1/s1. The van der Waals surface area contributed by atoms with E-state index >= 15 is 0 Å². The molecule has 328 valence electrons. The van der Waals surface area contributed by atoms with Gasteiger partial charge in [-0.2, -0.15) is 4.72 Å². The van der Waals surface area contributed by atoms with Crippen LogP contribution in [0.25, 0.3) is 11.1 Å². The zero-order chi connectivity index (χ0) is 44.5. The summed E-state index contributed by atoms with van der Waals surface area (Å²) in [5.41, 5.74) is 7.95. The molecule has 4 N–H and O–H groups in total. The molecule has 63 heavy (non-hydrogen) atoms. The summed E-state index contributed by atoms with van der Waals surface area (Å²) < 4.78 is 43.1. The number of likely N-dealkylation sites (N-methyl/N-ethyl adjacent to an activating group) is 1. The Morgan fingerprint density at radius 3 is 2.05 bits per heavy atom. The van der Waals surface area contributed by atoms with Gasteiger partial charge < -0.3 is 25.0 Å². The Labute approximate surface area is 371 Å². The molecule has 1 aliphatic heterocycles. The number of carbonyl (C=O) groups is 1. The van der Waals surface area contributed by atoms with E-state index in [9.17, 15) is 23.4 Å². The highest BCUT2D eigenvalue weighted by Gasteiger charge is 2.40. The fourth-order valence-electron chi connectivity index (χ4n) is 8.04. The van der Waals surface area contributed by atoms with Crippen LogP contribution in [-0.2, 0) is 43.9 Å². The molecule has 1 fully saturated rings. The molecule has 1 saturated heterocycles. The first-order valence-electron chi connectivity index (χ1n) is 21.4. The molecule has 11 heteroatoms.